The van der Waals surface area contributed by atoms with E-state index >= 15 is 0 Å². The smallest absolute Gasteiger partial charge is 0.343 e. The molecule has 0 N–H and O–H groups in total. The minimum atomic E-state index is -0.707. The van der Waals surface area contributed by atoms with E-state index in [1.54, 1.807) is 11.8 Å². The highest BCUT2D eigenvalue weighted by atomic mass is 35.5. The van der Waals surface area contributed by atoms with Crippen LogP contribution in [0.3, 0.4) is 0 Å². The van der Waals surface area contributed by atoms with Crippen LogP contribution in [0.25, 0.3) is 5.69 Å². The summed E-state index contributed by atoms with van der Waals surface area (Å²) >= 11 is 6.32. The standard InChI is InChI=1S/C20H23ClFN3O3/c1-12-5-4-6-13(2)24(12)17(26)11-28-20(27)18-14(3)23-25(19(18)21)16-9-7-15(22)8-10-16/h7-10,12-13H,4-6,11H2,1-3H3/t12-,13-/m1/s1. The van der Waals surface area contributed by atoms with Crippen LogP contribution in [0.5, 0.6) is 0 Å². The Morgan fingerprint density at radius 1 is 1.21 bits per heavy atom. The lowest BCUT2D eigenvalue weighted by Gasteiger charge is -2.38. The molecule has 1 fully saturated rings. The first-order valence-electron chi connectivity index (χ1n) is 9.29. The third-order valence-electron chi connectivity index (χ3n) is 5.09. The van der Waals surface area contributed by atoms with Gasteiger partial charge in [0, 0.05) is 12.1 Å². The van der Waals surface area contributed by atoms with E-state index in [4.69, 9.17) is 16.3 Å². The van der Waals surface area contributed by atoms with Gasteiger partial charge in [-0.05, 0) is 64.3 Å². The molecule has 6 nitrogen and oxygen atoms in total. The molecule has 1 saturated heterocycles. The van der Waals surface area contributed by atoms with Gasteiger partial charge in [-0.25, -0.2) is 13.9 Å². The van der Waals surface area contributed by atoms with E-state index in [1.807, 2.05) is 13.8 Å². The number of benzene rings is 1. The number of aryl methyl sites for hydroxylation is 1. The van der Waals surface area contributed by atoms with Crippen molar-refractivity contribution >= 4 is 23.5 Å². The Balaban J connectivity index is 1.72. The molecule has 8 heteroatoms. The molecule has 150 valence electrons. The molecule has 0 spiro atoms. The maximum absolute atomic E-state index is 13.1. The van der Waals surface area contributed by atoms with Crippen LogP contribution in [-0.4, -0.2) is 45.2 Å². The SMILES string of the molecule is Cc1nn(-c2ccc(F)cc2)c(Cl)c1C(=O)OCC(=O)N1[C@H](C)CCC[C@H]1C. The second-order valence-corrected chi connectivity index (χ2v) is 7.50. The molecule has 1 aliphatic rings. The number of aromatic nitrogens is 2. The van der Waals surface area contributed by atoms with Crippen molar-refractivity contribution < 1.29 is 18.7 Å². The lowest BCUT2D eigenvalue weighted by atomic mass is 9.97. The Labute approximate surface area is 168 Å². The molecule has 3 rings (SSSR count). The number of hydrogen-bond acceptors (Lipinski definition) is 4. The van der Waals surface area contributed by atoms with Gasteiger partial charge < -0.3 is 9.64 Å². The van der Waals surface area contributed by atoms with Crippen LogP contribution in [0.15, 0.2) is 24.3 Å². The maximum Gasteiger partial charge on any atom is 0.343 e. The van der Waals surface area contributed by atoms with Gasteiger partial charge in [0.1, 0.15) is 16.5 Å². The van der Waals surface area contributed by atoms with Crippen LogP contribution < -0.4 is 0 Å². The topological polar surface area (TPSA) is 64.4 Å². The maximum atomic E-state index is 13.1. The monoisotopic (exact) mass is 407 g/mol. The van der Waals surface area contributed by atoms with Crippen molar-refractivity contribution in [2.45, 2.75) is 52.1 Å². The Morgan fingerprint density at radius 2 is 1.82 bits per heavy atom. The summed E-state index contributed by atoms with van der Waals surface area (Å²) in [6.07, 6.45) is 2.97. The van der Waals surface area contributed by atoms with Gasteiger partial charge in [0.25, 0.3) is 5.91 Å². The molecular weight excluding hydrogens is 385 g/mol. The van der Waals surface area contributed by atoms with Crippen LogP contribution in [0.4, 0.5) is 4.39 Å². The number of amides is 1. The van der Waals surface area contributed by atoms with Crippen LogP contribution in [0.1, 0.15) is 49.2 Å². The van der Waals surface area contributed by atoms with E-state index in [-0.39, 0.29) is 41.1 Å². The predicted octanol–water partition coefficient (Wildman–Crippen LogP) is 3.92. The van der Waals surface area contributed by atoms with Gasteiger partial charge in [0.05, 0.1) is 11.4 Å². The fourth-order valence-corrected chi connectivity index (χ4v) is 4.02. The Kier molecular flexibility index (Phi) is 6.03. The summed E-state index contributed by atoms with van der Waals surface area (Å²) in [6, 6.07) is 5.82. The molecule has 1 amide bonds. The van der Waals surface area contributed by atoms with Gasteiger partial charge in [-0.15, -0.1) is 0 Å². The molecule has 2 atom stereocenters. The van der Waals surface area contributed by atoms with Crippen LogP contribution in [-0.2, 0) is 9.53 Å². The summed E-state index contributed by atoms with van der Waals surface area (Å²) in [4.78, 5) is 26.9. The first-order chi connectivity index (χ1) is 13.3. The molecule has 0 saturated carbocycles. The highest BCUT2D eigenvalue weighted by Crippen LogP contribution is 2.25. The predicted molar refractivity (Wildman–Crippen MR) is 103 cm³/mol. The number of halogens is 2. The second-order valence-electron chi connectivity index (χ2n) is 7.15. The van der Waals surface area contributed by atoms with E-state index in [0.29, 0.717) is 11.4 Å². The van der Waals surface area contributed by atoms with Crippen LogP contribution >= 0.6 is 11.6 Å². The average molecular weight is 408 g/mol. The number of likely N-dealkylation sites (tertiary alicyclic amines) is 1. The number of rotatable bonds is 4. The molecule has 0 aliphatic carbocycles. The first kappa shape index (κ1) is 20.3. The molecule has 2 heterocycles. The summed E-state index contributed by atoms with van der Waals surface area (Å²) in [5.74, 6) is -1.31. The Bertz CT molecular complexity index is 872. The fraction of sp³-hybridized carbons (Fsp3) is 0.450. The number of hydrogen-bond donors (Lipinski definition) is 0. The number of nitrogens with zero attached hydrogens (tertiary/aromatic N) is 3. The van der Waals surface area contributed by atoms with Crippen LogP contribution in [0.2, 0.25) is 5.15 Å². The average Bonchev–Trinajstić information content (AvgIpc) is 2.94. The number of esters is 1. The van der Waals surface area contributed by atoms with E-state index in [0.717, 1.165) is 19.3 Å². The van der Waals surface area contributed by atoms with Gasteiger partial charge in [0.2, 0.25) is 0 Å². The molecular formula is C20H23ClFN3O3. The van der Waals surface area contributed by atoms with E-state index < -0.39 is 5.97 Å². The van der Waals surface area contributed by atoms with Crippen molar-refractivity contribution in [1.82, 2.24) is 14.7 Å². The number of ether oxygens (including phenoxy) is 1. The quantitative estimate of drug-likeness (QED) is 0.720. The third kappa shape index (κ3) is 4.04. The minimum absolute atomic E-state index is 0.0567. The lowest BCUT2D eigenvalue weighted by molar-refractivity contribution is -0.140. The van der Waals surface area contributed by atoms with Gasteiger partial charge in [-0.3, -0.25) is 4.79 Å². The van der Waals surface area contributed by atoms with Crippen molar-refractivity contribution in [3.05, 3.63) is 46.5 Å². The Hall–Kier alpha value is -2.41. The van der Waals surface area contributed by atoms with Gasteiger partial charge in [0.15, 0.2) is 6.61 Å². The van der Waals surface area contributed by atoms with E-state index in [1.165, 1.54) is 28.9 Å². The molecule has 2 aromatic rings. The number of carbonyl (C=O) groups excluding carboxylic acids is 2. The van der Waals surface area contributed by atoms with E-state index in [2.05, 4.69) is 5.10 Å². The molecule has 1 aromatic heterocycles. The van der Waals surface area contributed by atoms with Crippen LogP contribution in [0, 0.1) is 12.7 Å². The second kappa shape index (κ2) is 8.31. The molecule has 1 aliphatic heterocycles. The normalized spacial score (nSPS) is 19.5. The largest absolute Gasteiger partial charge is 0.452 e. The van der Waals surface area contributed by atoms with Crippen molar-refractivity contribution in [1.29, 1.82) is 0 Å². The highest BCUT2D eigenvalue weighted by molar-refractivity contribution is 6.33. The molecule has 28 heavy (non-hydrogen) atoms. The molecule has 0 bridgehead atoms. The van der Waals surface area contributed by atoms with E-state index in [9.17, 15) is 14.0 Å². The zero-order valence-electron chi connectivity index (χ0n) is 16.1. The van der Waals surface area contributed by atoms with Gasteiger partial charge in [-0.1, -0.05) is 11.6 Å². The van der Waals surface area contributed by atoms with Crippen molar-refractivity contribution in [2.75, 3.05) is 6.61 Å². The lowest BCUT2D eigenvalue weighted by Crippen LogP contribution is -2.49. The van der Waals surface area contributed by atoms with Gasteiger partial charge in [-0.2, -0.15) is 5.10 Å². The Morgan fingerprint density at radius 3 is 2.43 bits per heavy atom. The summed E-state index contributed by atoms with van der Waals surface area (Å²) in [5, 5.41) is 4.30. The number of carbonyl (C=O) groups is 2. The highest BCUT2D eigenvalue weighted by Gasteiger charge is 2.30. The summed E-state index contributed by atoms with van der Waals surface area (Å²) in [7, 11) is 0. The van der Waals surface area contributed by atoms with Gasteiger partial charge >= 0.3 is 5.97 Å². The fourth-order valence-electron chi connectivity index (χ4n) is 3.67. The van der Waals surface area contributed by atoms with Crippen molar-refractivity contribution in [2.24, 2.45) is 0 Å². The molecule has 0 radical (unpaired) electrons. The minimum Gasteiger partial charge on any atom is -0.452 e. The molecule has 0 unspecified atom stereocenters. The zero-order valence-corrected chi connectivity index (χ0v) is 16.9. The zero-order chi connectivity index (χ0) is 20.4. The summed E-state index contributed by atoms with van der Waals surface area (Å²) in [5.41, 5.74) is 0.977. The first-order valence-corrected chi connectivity index (χ1v) is 9.66. The third-order valence-corrected chi connectivity index (χ3v) is 5.44. The number of piperidine rings is 1. The molecule has 1 aromatic carbocycles. The summed E-state index contributed by atoms with van der Waals surface area (Å²) in [6.45, 7) is 5.29. The van der Waals surface area contributed by atoms with Crippen molar-refractivity contribution in [3.63, 3.8) is 0 Å². The summed E-state index contributed by atoms with van der Waals surface area (Å²) < 4.78 is 19.7. The van der Waals surface area contributed by atoms with Crippen molar-refractivity contribution in [3.8, 4) is 5.69 Å².